The van der Waals surface area contributed by atoms with E-state index in [-0.39, 0.29) is 16.6 Å². The largest absolute Gasteiger partial charge is 0.444 e. The minimum Gasteiger partial charge on any atom is -0.444 e. The summed E-state index contributed by atoms with van der Waals surface area (Å²) in [5.74, 6) is -1.00. The molecule has 1 aromatic carbocycles. The van der Waals surface area contributed by atoms with Crippen LogP contribution in [-0.2, 0) is 9.53 Å². The molecule has 0 N–H and O–H groups in total. The molecule has 0 aliphatic carbocycles. The van der Waals surface area contributed by atoms with Gasteiger partial charge < -0.3 is 9.64 Å². The molecule has 5 nitrogen and oxygen atoms in total. The van der Waals surface area contributed by atoms with Crippen molar-refractivity contribution in [2.24, 2.45) is 0 Å². The van der Waals surface area contributed by atoms with E-state index < -0.39 is 12.1 Å². The number of benzene rings is 1. The molecule has 1 amide bonds. The number of likely N-dealkylation sites (N-methyl/N-ethyl adjacent to an activating group) is 1. The number of carbonyl (C=O) groups is 2. The van der Waals surface area contributed by atoms with Crippen LogP contribution in [0.25, 0.3) is 0 Å². The van der Waals surface area contributed by atoms with Crippen molar-refractivity contribution in [3.63, 3.8) is 0 Å². The van der Waals surface area contributed by atoms with Crippen LogP contribution in [0.2, 0.25) is 5.15 Å². The lowest BCUT2D eigenvalue weighted by Crippen LogP contribution is -2.31. The molecule has 1 heterocycles. The first-order chi connectivity index (χ1) is 11.3. The molecule has 24 heavy (non-hydrogen) atoms. The summed E-state index contributed by atoms with van der Waals surface area (Å²) in [6.07, 6.45) is -1.04. The number of aryl methyl sites for hydroxylation is 2. The van der Waals surface area contributed by atoms with Crippen LogP contribution in [0.4, 0.5) is 0 Å². The van der Waals surface area contributed by atoms with Crippen molar-refractivity contribution >= 4 is 23.5 Å². The summed E-state index contributed by atoms with van der Waals surface area (Å²) in [5, 5.41) is 0.0709. The van der Waals surface area contributed by atoms with Crippen molar-refractivity contribution in [3.8, 4) is 0 Å². The highest BCUT2D eigenvalue weighted by Gasteiger charge is 2.28. The van der Waals surface area contributed by atoms with Crippen LogP contribution in [0.5, 0.6) is 0 Å². The van der Waals surface area contributed by atoms with E-state index in [1.165, 1.54) is 4.90 Å². The van der Waals surface area contributed by atoms with Gasteiger partial charge in [-0.05, 0) is 25.5 Å². The number of carbonyl (C=O) groups excluding carboxylic acids is 2. The molecule has 2 aromatic rings. The molecule has 0 saturated carbocycles. The first-order valence-electron chi connectivity index (χ1n) is 7.42. The number of esters is 1. The quantitative estimate of drug-likeness (QED) is 0.629. The van der Waals surface area contributed by atoms with Crippen LogP contribution in [0.1, 0.15) is 33.3 Å². The standard InChI is InChI=1S/C18H19ClN2O3/c1-11-10-12(2)20-16(19)14(11)18(23)24-15(17(22)21(3)4)13-8-6-5-7-9-13/h5-10,15H,1-4H3/t15-/m1/s1. The summed E-state index contributed by atoms with van der Waals surface area (Å²) in [6, 6.07) is 10.6. The molecule has 0 spiro atoms. The van der Waals surface area contributed by atoms with E-state index in [0.29, 0.717) is 16.8 Å². The Morgan fingerprint density at radius 2 is 1.79 bits per heavy atom. The van der Waals surface area contributed by atoms with E-state index in [0.717, 1.165) is 0 Å². The minimum absolute atomic E-state index is 0.0709. The fraction of sp³-hybridized carbons (Fsp3) is 0.278. The second kappa shape index (κ2) is 7.45. The van der Waals surface area contributed by atoms with E-state index >= 15 is 0 Å². The second-order valence-corrected chi connectivity index (χ2v) is 6.03. The summed E-state index contributed by atoms with van der Waals surface area (Å²) in [4.78, 5) is 30.5. The Morgan fingerprint density at radius 3 is 2.33 bits per heavy atom. The van der Waals surface area contributed by atoms with Gasteiger partial charge in [0.15, 0.2) is 0 Å². The van der Waals surface area contributed by atoms with Crippen molar-refractivity contribution in [1.29, 1.82) is 0 Å². The average Bonchev–Trinajstić information content (AvgIpc) is 2.51. The molecule has 1 atom stereocenters. The Morgan fingerprint density at radius 1 is 1.17 bits per heavy atom. The Balaban J connectivity index is 2.37. The smallest absolute Gasteiger partial charge is 0.342 e. The maximum absolute atomic E-state index is 12.6. The maximum atomic E-state index is 12.6. The molecular weight excluding hydrogens is 328 g/mol. The normalized spacial score (nSPS) is 11.7. The van der Waals surface area contributed by atoms with Gasteiger partial charge in [0.2, 0.25) is 6.10 Å². The number of hydrogen-bond acceptors (Lipinski definition) is 4. The zero-order valence-corrected chi connectivity index (χ0v) is 14.8. The van der Waals surface area contributed by atoms with Crippen molar-refractivity contribution in [2.45, 2.75) is 20.0 Å². The number of pyridine rings is 1. The molecule has 1 aromatic heterocycles. The second-order valence-electron chi connectivity index (χ2n) is 5.68. The lowest BCUT2D eigenvalue weighted by Gasteiger charge is -2.21. The predicted octanol–water partition coefficient (Wildman–Crippen LogP) is 3.34. The Labute approximate surface area is 146 Å². The van der Waals surface area contributed by atoms with Gasteiger partial charge in [0.05, 0.1) is 5.56 Å². The number of hydrogen-bond donors (Lipinski definition) is 0. The summed E-state index contributed by atoms with van der Waals surface area (Å²) in [6.45, 7) is 3.54. The SMILES string of the molecule is Cc1cc(C)c(C(=O)O[C@@H](C(=O)N(C)C)c2ccccc2)c(Cl)n1. The first kappa shape index (κ1) is 17.9. The number of ether oxygens (including phenoxy) is 1. The lowest BCUT2D eigenvalue weighted by atomic mass is 10.1. The molecular formula is C18H19ClN2O3. The first-order valence-corrected chi connectivity index (χ1v) is 7.80. The molecule has 0 aliphatic heterocycles. The van der Waals surface area contributed by atoms with Gasteiger partial charge in [0, 0.05) is 25.4 Å². The number of rotatable bonds is 4. The molecule has 0 fully saturated rings. The van der Waals surface area contributed by atoms with E-state index in [1.807, 2.05) is 6.07 Å². The zero-order chi connectivity index (χ0) is 17.9. The molecule has 0 saturated heterocycles. The van der Waals surface area contributed by atoms with Gasteiger partial charge in [-0.2, -0.15) is 0 Å². The third-order valence-corrected chi connectivity index (χ3v) is 3.77. The van der Waals surface area contributed by atoms with Crippen LogP contribution in [0, 0.1) is 13.8 Å². The van der Waals surface area contributed by atoms with Crippen molar-refractivity contribution in [2.75, 3.05) is 14.1 Å². The number of halogens is 1. The number of aromatic nitrogens is 1. The Kier molecular flexibility index (Phi) is 5.57. The predicted molar refractivity (Wildman–Crippen MR) is 92.0 cm³/mol. The van der Waals surface area contributed by atoms with Crippen LogP contribution in [0.3, 0.4) is 0 Å². The third-order valence-electron chi connectivity index (χ3n) is 3.50. The van der Waals surface area contributed by atoms with Gasteiger partial charge in [-0.3, -0.25) is 4.79 Å². The lowest BCUT2D eigenvalue weighted by molar-refractivity contribution is -0.138. The molecule has 0 unspecified atom stereocenters. The van der Waals surface area contributed by atoms with Gasteiger partial charge >= 0.3 is 5.97 Å². The van der Waals surface area contributed by atoms with Crippen molar-refractivity contribution < 1.29 is 14.3 Å². The Hall–Kier alpha value is -2.40. The van der Waals surface area contributed by atoms with Gasteiger partial charge in [-0.25, -0.2) is 9.78 Å². The number of nitrogens with zero attached hydrogens (tertiary/aromatic N) is 2. The summed E-state index contributed by atoms with van der Waals surface area (Å²) in [7, 11) is 3.22. The van der Waals surface area contributed by atoms with E-state index in [4.69, 9.17) is 16.3 Å². The maximum Gasteiger partial charge on any atom is 0.342 e. The fourth-order valence-corrected chi connectivity index (χ4v) is 2.69. The monoisotopic (exact) mass is 346 g/mol. The average molecular weight is 347 g/mol. The minimum atomic E-state index is -1.04. The van der Waals surface area contributed by atoms with Crippen LogP contribution in [0.15, 0.2) is 36.4 Å². The molecule has 0 bridgehead atoms. The van der Waals surface area contributed by atoms with Crippen LogP contribution < -0.4 is 0 Å². The molecule has 0 radical (unpaired) electrons. The third kappa shape index (κ3) is 3.92. The molecule has 0 aliphatic rings. The van der Waals surface area contributed by atoms with E-state index in [1.54, 1.807) is 58.3 Å². The van der Waals surface area contributed by atoms with E-state index in [2.05, 4.69) is 4.98 Å². The molecule has 126 valence electrons. The molecule has 2 rings (SSSR count). The topological polar surface area (TPSA) is 59.5 Å². The van der Waals surface area contributed by atoms with Crippen molar-refractivity contribution in [1.82, 2.24) is 9.88 Å². The van der Waals surface area contributed by atoms with Crippen LogP contribution >= 0.6 is 11.6 Å². The van der Waals surface area contributed by atoms with Gasteiger partial charge in [0.1, 0.15) is 5.15 Å². The molecule has 6 heteroatoms. The zero-order valence-electron chi connectivity index (χ0n) is 14.0. The highest BCUT2D eigenvalue weighted by Crippen LogP contribution is 2.25. The summed E-state index contributed by atoms with van der Waals surface area (Å²) >= 11 is 6.09. The van der Waals surface area contributed by atoms with Crippen molar-refractivity contribution in [3.05, 3.63) is 63.9 Å². The van der Waals surface area contributed by atoms with Crippen LogP contribution in [-0.4, -0.2) is 35.9 Å². The van der Waals surface area contributed by atoms with Gasteiger partial charge in [-0.15, -0.1) is 0 Å². The highest BCUT2D eigenvalue weighted by molar-refractivity contribution is 6.32. The van der Waals surface area contributed by atoms with Gasteiger partial charge in [-0.1, -0.05) is 41.9 Å². The highest BCUT2D eigenvalue weighted by atomic mass is 35.5. The Bertz CT molecular complexity index is 737. The summed E-state index contributed by atoms with van der Waals surface area (Å²) < 4.78 is 5.49. The van der Waals surface area contributed by atoms with Gasteiger partial charge in [0.25, 0.3) is 5.91 Å². The number of amides is 1. The summed E-state index contributed by atoms with van der Waals surface area (Å²) in [5.41, 5.74) is 2.13. The fourth-order valence-electron chi connectivity index (χ4n) is 2.33. The van der Waals surface area contributed by atoms with E-state index in [9.17, 15) is 9.59 Å².